The molecule has 2 aliphatic carbocycles. The van der Waals surface area contributed by atoms with Gasteiger partial charge in [0.2, 0.25) is 5.91 Å². The van der Waals surface area contributed by atoms with Gasteiger partial charge >= 0.3 is 0 Å². The summed E-state index contributed by atoms with van der Waals surface area (Å²) in [5.41, 5.74) is 0.417. The lowest BCUT2D eigenvalue weighted by Gasteiger charge is -2.36. The highest BCUT2D eigenvalue weighted by atomic mass is 16.2. The molecule has 3 rings (SSSR count). The van der Waals surface area contributed by atoms with E-state index in [1.807, 2.05) is 0 Å². The van der Waals surface area contributed by atoms with E-state index >= 15 is 0 Å². The number of hydrogen-bond donors (Lipinski definition) is 1. The van der Waals surface area contributed by atoms with E-state index in [9.17, 15) is 4.79 Å². The second-order valence-corrected chi connectivity index (χ2v) is 6.72. The van der Waals surface area contributed by atoms with E-state index in [0.29, 0.717) is 18.0 Å². The average Bonchev–Trinajstić information content (AvgIpc) is 3.32. The van der Waals surface area contributed by atoms with Crippen LogP contribution in [0, 0.1) is 5.41 Å². The zero-order valence-corrected chi connectivity index (χ0v) is 12.7. The normalized spacial score (nSPS) is 25.9. The number of carbonyl (C=O) groups excluding carboxylic acids is 1. The van der Waals surface area contributed by atoms with Crippen LogP contribution in [0.3, 0.4) is 0 Å². The molecule has 3 fully saturated rings. The van der Waals surface area contributed by atoms with Crippen molar-refractivity contribution >= 4 is 11.9 Å². The highest BCUT2D eigenvalue weighted by Gasteiger charge is 2.38. The Morgan fingerprint density at radius 1 is 1.40 bits per heavy atom. The van der Waals surface area contributed by atoms with Crippen molar-refractivity contribution in [2.75, 3.05) is 32.7 Å². The van der Waals surface area contributed by atoms with Crippen LogP contribution in [0.15, 0.2) is 4.99 Å². The van der Waals surface area contributed by atoms with Gasteiger partial charge in [0.15, 0.2) is 5.96 Å². The van der Waals surface area contributed by atoms with Crippen LogP contribution in [0.4, 0.5) is 0 Å². The molecule has 0 aromatic rings. The van der Waals surface area contributed by atoms with Crippen molar-refractivity contribution in [1.82, 2.24) is 15.1 Å². The first-order valence-electron chi connectivity index (χ1n) is 7.94. The summed E-state index contributed by atoms with van der Waals surface area (Å²) < 4.78 is 0. The third-order valence-electron chi connectivity index (χ3n) is 4.59. The summed E-state index contributed by atoms with van der Waals surface area (Å²) in [4.78, 5) is 21.1. The Hall–Kier alpha value is -1.26. The van der Waals surface area contributed by atoms with Crippen LogP contribution in [-0.4, -0.2) is 60.4 Å². The van der Waals surface area contributed by atoms with Crippen molar-refractivity contribution in [2.45, 2.75) is 45.6 Å². The molecule has 1 amide bonds. The van der Waals surface area contributed by atoms with Crippen molar-refractivity contribution in [1.29, 1.82) is 0 Å². The fourth-order valence-electron chi connectivity index (χ4n) is 2.70. The van der Waals surface area contributed by atoms with Gasteiger partial charge in [-0.05, 0) is 38.0 Å². The summed E-state index contributed by atoms with van der Waals surface area (Å²) >= 11 is 0. The molecule has 0 aromatic carbocycles. The molecule has 3 aliphatic rings. The molecule has 112 valence electrons. The van der Waals surface area contributed by atoms with Gasteiger partial charge in [0.1, 0.15) is 0 Å². The zero-order valence-electron chi connectivity index (χ0n) is 12.7. The van der Waals surface area contributed by atoms with Crippen LogP contribution in [0.1, 0.15) is 39.5 Å². The summed E-state index contributed by atoms with van der Waals surface area (Å²) in [5, 5.41) is 3.34. The van der Waals surface area contributed by atoms with Crippen molar-refractivity contribution < 1.29 is 4.79 Å². The molecule has 1 aliphatic heterocycles. The van der Waals surface area contributed by atoms with Crippen molar-refractivity contribution in [3.05, 3.63) is 0 Å². The quantitative estimate of drug-likeness (QED) is 0.618. The van der Waals surface area contributed by atoms with Gasteiger partial charge in [-0.15, -0.1) is 0 Å². The first-order valence-corrected chi connectivity index (χ1v) is 7.94. The third-order valence-corrected chi connectivity index (χ3v) is 4.59. The molecule has 1 heterocycles. The average molecular weight is 278 g/mol. The molecule has 1 saturated heterocycles. The van der Waals surface area contributed by atoms with E-state index in [-0.39, 0.29) is 5.91 Å². The van der Waals surface area contributed by atoms with Crippen molar-refractivity contribution in [2.24, 2.45) is 10.4 Å². The molecule has 2 saturated carbocycles. The van der Waals surface area contributed by atoms with Gasteiger partial charge in [-0.2, -0.15) is 0 Å². The van der Waals surface area contributed by atoms with Crippen LogP contribution in [0.5, 0.6) is 0 Å². The lowest BCUT2D eigenvalue weighted by molar-refractivity contribution is -0.135. The van der Waals surface area contributed by atoms with E-state index in [2.05, 4.69) is 29.0 Å². The Morgan fingerprint density at radius 2 is 2.15 bits per heavy atom. The van der Waals surface area contributed by atoms with E-state index < -0.39 is 0 Å². The molecule has 0 aromatic heterocycles. The van der Waals surface area contributed by atoms with Gasteiger partial charge in [0.25, 0.3) is 0 Å². The lowest BCUT2D eigenvalue weighted by atomic mass is 10.1. The summed E-state index contributed by atoms with van der Waals surface area (Å²) in [6.07, 6.45) is 4.95. The van der Waals surface area contributed by atoms with E-state index in [1.165, 1.54) is 25.7 Å². The van der Waals surface area contributed by atoms with Crippen molar-refractivity contribution in [3.8, 4) is 0 Å². The summed E-state index contributed by atoms with van der Waals surface area (Å²) in [6.45, 7) is 8.35. The van der Waals surface area contributed by atoms with Gasteiger partial charge in [-0.25, -0.2) is 0 Å². The molecule has 1 N–H and O–H groups in total. The van der Waals surface area contributed by atoms with Gasteiger partial charge < -0.3 is 15.1 Å². The number of guanidine groups is 1. The van der Waals surface area contributed by atoms with E-state index in [4.69, 9.17) is 4.99 Å². The third kappa shape index (κ3) is 3.07. The molecule has 0 bridgehead atoms. The first kappa shape index (κ1) is 13.7. The molecule has 5 nitrogen and oxygen atoms in total. The second-order valence-electron chi connectivity index (χ2n) is 6.72. The predicted molar refractivity (Wildman–Crippen MR) is 79.6 cm³/mol. The maximum Gasteiger partial charge on any atom is 0.242 e. The number of carbonyl (C=O) groups is 1. The summed E-state index contributed by atoms with van der Waals surface area (Å²) in [7, 11) is 0. The second kappa shape index (κ2) is 5.26. The first-order chi connectivity index (χ1) is 9.61. The monoisotopic (exact) mass is 278 g/mol. The van der Waals surface area contributed by atoms with Crippen LogP contribution in [-0.2, 0) is 4.79 Å². The zero-order chi connectivity index (χ0) is 14.2. The maximum atomic E-state index is 12.2. The fraction of sp³-hybridized carbons (Fsp3) is 0.867. The minimum atomic E-state index is 0.266. The SMILES string of the molecule is CCNC(=NCC1(C)CC1)N1CCN(C2CC2)C(=O)C1. The van der Waals surface area contributed by atoms with Gasteiger partial charge in [0.05, 0.1) is 6.54 Å². The fourth-order valence-corrected chi connectivity index (χ4v) is 2.70. The molecule has 0 unspecified atom stereocenters. The largest absolute Gasteiger partial charge is 0.357 e. The summed E-state index contributed by atoms with van der Waals surface area (Å²) in [6, 6.07) is 0.537. The Bertz CT molecular complexity index is 412. The number of nitrogens with one attached hydrogen (secondary N) is 1. The van der Waals surface area contributed by atoms with Crippen LogP contribution < -0.4 is 5.32 Å². The number of nitrogens with zero attached hydrogens (tertiary/aromatic N) is 3. The topological polar surface area (TPSA) is 47.9 Å². The van der Waals surface area contributed by atoms with Crippen LogP contribution in [0.2, 0.25) is 0 Å². The Kier molecular flexibility index (Phi) is 3.61. The standard InChI is InChI=1S/C15H26N4O/c1-3-16-14(17-11-15(2)6-7-15)18-8-9-19(12-4-5-12)13(20)10-18/h12H,3-11H2,1-2H3,(H,16,17). The van der Waals surface area contributed by atoms with E-state index in [1.54, 1.807) is 0 Å². The van der Waals surface area contributed by atoms with Crippen LogP contribution in [0.25, 0.3) is 0 Å². The Labute approximate surface area is 121 Å². The number of aliphatic imine (C=N–C) groups is 1. The molecular weight excluding hydrogens is 252 g/mol. The number of amides is 1. The van der Waals surface area contributed by atoms with Gasteiger partial charge in [-0.3, -0.25) is 9.79 Å². The predicted octanol–water partition coefficient (Wildman–Crippen LogP) is 1.06. The van der Waals surface area contributed by atoms with Gasteiger partial charge in [-0.1, -0.05) is 6.92 Å². The van der Waals surface area contributed by atoms with Crippen molar-refractivity contribution in [3.63, 3.8) is 0 Å². The minimum absolute atomic E-state index is 0.266. The number of piperazine rings is 1. The highest BCUT2D eigenvalue weighted by molar-refractivity contribution is 5.88. The molecular formula is C15H26N4O. The maximum absolute atomic E-state index is 12.2. The molecule has 20 heavy (non-hydrogen) atoms. The summed E-state index contributed by atoms with van der Waals surface area (Å²) in [5.74, 6) is 1.19. The molecule has 0 spiro atoms. The highest BCUT2D eigenvalue weighted by Crippen LogP contribution is 2.45. The smallest absolute Gasteiger partial charge is 0.242 e. The van der Waals surface area contributed by atoms with Gasteiger partial charge in [0, 0.05) is 32.2 Å². The molecule has 0 radical (unpaired) electrons. The van der Waals surface area contributed by atoms with E-state index in [0.717, 1.165) is 32.1 Å². The lowest BCUT2D eigenvalue weighted by Crippen LogP contribution is -2.55. The Balaban J connectivity index is 1.60. The molecule has 0 atom stereocenters. The molecule has 5 heteroatoms. The number of rotatable bonds is 4. The Morgan fingerprint density at radius 3 is 2.70 bits per heavy atom. The van der Waals surface area contributed by atoms with Crippen LogP contribution >= 0.6 is 0 Å². The minimum Gasteiger partial charge on any atom is -0.357 e. The number of hydrogen-bond acceptors (Lipinski definition) is 2.